The van der Waals surface area contributed by atoms with Crippen molar-refractivity contribution in [3.05, 3.63) is 54.0 Å². The van der Waals surface area contributed by atoms with Crippen molar-refractivity contribution in [3.63, 3.8) is 0 Å². The Morgan fingerprint density at radius 3 is 2.50 bits per heavy atom. The van der Waals surface area contributed by atoms with E-state index in [1.54, 1.807) is 13.0 Å². The minimum absolute atomic E-state index is 0.00526. The van der Waals surface area contributed by atoms with Crippen LogP contribution in [0.2, 0.25) is 0 Å². The highest BCUT2D eigenvalue weighted by atomic mass is 32.2. The van der Waals surface area contributed by atoms with Gasteiger partial charge in [0.2, 0.25) is 0 Å². The maximum atomic E-state index is 13.6. The zero-order chi connectivity index (χ0) is 21.5. The molecule has 2 heterocycles. The summed E-state index contributed by atoms with van der Waals surface area (Å²) in [5, 5.41) is 0.565. The van der Waals surface area contributed by atoms with Crippen molar-refractivity contribution >= 4 is 20.9 Å². The minimum atomic E-state index is -3.90. The monoisotopic (exact) mass is 432 g/mol. The summed E-state index contributed by atoms with van der Waals surface area (Å²) in [7, 11) is -0.305. The van der Waals surface area contributed by atoms with Crippen molar-refractivity contribution < 1.29 is 22.3 Å². The van der Waals surface area contributed by atoms with Crippen LogP contribution in [0.15, 0.2) is 47.5 Å². The van der Waals surface area contributed by atoms with Crippen LogP contribution in [0.4, 0.5) is 4.39 Å². The number of ether oxygens (including phenoxy) is 2. The van der Waals surface area contributed by atoms with E-state index in [1.165, 1.54) is 47.6 Å². The quantitative estimate of drug-likeness (QED) is 0.614. The lowest BCUT2D eigenvalue weighted by atomic mass is 10.1. The SMILES string of the molecule is COc1ccc(S(=O)(=O)n2cc(C)c3cc(F)ccc32)cc1OC1CCN(C)CC1. The summed E-state index contributed by atoms with van der Waals surface area (Å²) >= 11 is 0. The topological polar surface area (TPSA) is 60.8 Å². The molecule has 160 valence electrons. The fraction of sp³-hybridized carbons (Fsp3) is 0.364. The van der Waals surface area contributed by atoms with Crippen LogP contribution in [0.1, 0.15) is 18.4 Å². The van der Waals surface area contributed by atoms with Gasteiger partial charge in [0.25, 0.3) is 10.0 Å². The molecular formula is C22H25FN2O4S. The van der Waals surface area contributed by atoms with Crippen molar-refractivity contribution in [1.82, 2.24) is 8.87 Å². The molecule has 0 amide bonds. The van der Waals surface area contributed by atoms with Gasteiger partial charge >= 0.3 is 0 Å². The Morgan fingerprint density at radius 2 is 1.80 bits per heavy atom. The van der Waals surface area contributed by atoms with Gasteiger partial charge in [0.15, 0.2) is 11.5 Å². The highest BCUT2D eigenvalue weighted by Gasteiger charge is 2.24. The lowest BCUT2D eigenvalue weighted by Crippen LogP contribution is -2.35. The molecule has 2 aromatic carbocycles. The van der Waals surface area contributed by atoms with Crippen LogP contribution in [-0.4, -0.2) is 50.6 Å². The first kappa shape index (κ1) is 20.7. The number of rotatable bonds is 5. The maximum Gasteiger partial charge on any atom is 0.268 e. The Bertz CT molecular complexity index is 1180. The lowest BCUT2D eigenvalue weighted by molar-refractivity contribution is 0.111. The fourth-order valence-corrected chi connectivity index (χ4v) is 5.27. The van der Waals surface area contributed by atoms with Crippen molar-refractivity contribution in [2.45, 2.75) is 30.8 Å². The van der Waals surface area contributed by atoms with E-state index in [0.717, 1.165) is 25.9 Å². The van der Waals surface area contributed by atoms with Crippen molar-refractivity contribution in [1.29, 1.82) is 0 Å². The van der Waals surface area contributed by atoms with Gasteiger partial charge in [0, 0.05) is 30.7 Å². The van der Waals surface area contributed by atoms with E-state index in [0.29, 0.717) is 28.0 Å². The van der Waals surface area contributed by atoms with E-state index in [9.17, 15) is 12.8 Å². The number of hydrogen-bond donors (Lipinski definition) is 0. The number of fused-ring (bicyclic) bond motifs is 1. The summed E-state index contributed by atoms with van der Waals surface area (Å²) in [5.41, 5.74) is 1.12. The second-order valence-corrected chi connectivity index (χ2v) is 9.52. The summed E-state index contributed by atoms with van der Waals surface area (Å²) in [6.07, 6.45) is 3.25. The molecule has 1 aromatic heterocycles. The molecule has 0 aliphatic carbocycles. The molecule has 0 bridgehead atoms. The third kappa shape index (κ3) is 3.77. The summed E-state index contributed by atoms with van der Waals surface area (Å²) in [6, 6.07) is 8.71. The molecule has 4 rings (SSSR count). The van der Waals surface area contributed by atoms with Crippen LogP contribution >= 0.6 is 0 Å². The first-order valence-corrected chi connectivity index (χ1v) is 11.3. The number of aryl methyl sites for hydroxylation is 1. The third-order valence-corrected chi connectivity index (χ3v) is 7.25. The molecule has 0 radical (unpaired) electrons. The van der Waals surface area contributed by atoms with Gasteiger partial charge in [0.05, 0.1) is 17.5 Å². The summed E-state index contributed by atoms with van der Waals surface area (Å²) < 4.78 is 53.1. The number of likely N-dealkylation sites (tertiary alicyclic amines) is 1. The molecular weight excluding hydrogens is 407 g/mol. The summed E-state index contributed by atoms with van der Waals surface area (Å²) in [5.74, 6) is 0.495. The van der Waals surface area contributed by atoms with E-state index in [2.05, 4.69) is 11.9 Å². The Morgan fingerprint density at radius 1 is 1.07 bits per heavy atom. The largest absolute Gasteiger partial charge is 0.493 e. The number of piperidine rings is 1. The smallest absolute Gasteiger partial charge is 0.268 e. The number of aromatic nitrogens is 1. The van der Waals surface area contributed by atoms with Crippen molar-refractivity contribution in [2.24, 2.45) is 0 Å². The molecule has 3 aromatic rings. The Hall–Kier alpha value is -2.58. The second-order valence-electron chi connectivity index (χ2n) is 7.71. The van der Waals surface area contributed by atoms with Crippen LogP contribution in [0.25, 0.3) is 10.9 Å². The maximum absolute atomic E-state index is 13.6. The van der Waals surface area contributed by atoms with Crippen molar-refractivity contribution in [3.8, 4) is 11.5 Å². The second kappa shape index (κ2) is 7.92. The molecule has 0 saturated carbocycles. The van der Waals surface area contributed by atoms with Gasteiger partial charge in [-0.25, -0.2) is 16.8 Å². The van der Waals surface area contributed by atoms with E-state index < -0.39 is 15.8 Å². The van der Waals surface area contributed by atoms with Crippen LogP contribution in [0.3, 0.4) is 0 Å². The van der Waals surface area contributed by atoms with Crippen LogP contribution in [-0.2, 0) is 10.0 Å². The van der Waals surface area contributed by atoms with Gasteiger partial charge in [-0.3, -0.25) is 0 Å². The lowest BCUT2D eigenvalue weighted by Gasteiger charge is -2.29. The number of nitrogens with zero attached hydrogens (tertiary/aromatic N) is 2. The Labute approximate surface area is 175 Å². The first-order valence-electron chi connectivity index (χ1n) is 9.85. The molecule has 1 fully saturated rings. The predicted molar refractivity (Wildman–Crippen MR) is 113 cm³/mol. The molecule has 30 heavy (non-hydrogen) atoms. The number of halogens is 1. The summed E-state index contributed by atoms with van der Waals surface area (Å²) in [6.45, 7) is 3.61. The zero-order valence-corrected chi connectivity index (χ0v) is 18.1. The number of benzene rings is 2. The average molecular weight is 433 g/mol. The highest BCUT2D eigenvalue weighted by Crippen LogP contribution is 2.34. The van der Waals surface area contributed by atoms with Gasteiger partial charge in [0.1, 0.15) is 11.9 Å². The third-order valence-electron chi connectivity index (χ3n) is 5.58. The molecule has 1 saturated heterocycles. The van der Waals surface area contributed by atoms with Crippen molar-refractivity contribution in [2.75, 3.05) is 27.2 Å². The first-order chi connectivity index (χ1) is 14.3. The summed E-state index contributed by atoms with van der Waals surface area (Å²) in [4.78, 5) is 2.33. The molecule has 0 spiro atoms. The van der Waals surface area contributed by atoms with Crippen LogP contribution in [0.5, 0.6) is 11.5 Å². The molecule has 0 atom stereocenters. The van der Waals surface area contributed by atoms with Gasteiger partial charge in [-0.05, 0) is 62.7 Å². The molecule has 0 N–H and O–H groups in total. The fourth-order valence-electron chi connectivity index (χ4n) is 3.84. The average Bonchev–Trinajstić information content (AvgIpc) is 3.06. The number of hydrogen-bond acceptors (Lipinski definition) is 5. The highest BCUT2D eigenvalue weighted by molar-refractivity contribution is 7.90. The Balaban J connectivity index is 1.73. The molecule has 0 unspecified atom stereocenters. The van der Waals surface area contributed by atoms with E-state index in [1.807, 2.05) is 0 Å². The van der Waals surface area contributed by atoms with E-state index >= 15 is 0 Å². The zero-order valence-electron chi connectivity index (χ0n) is 17.3. The molecule has 6 nitrogen and oxygen atoms in total. The molecule has 1 aliphatic rings. The molecule has 1 aliphatic heterocycles. The van der Waals surface area contributed by atoms with Gasteiger partial charge in [-0.2, -0.15) is 0 Å². The number of methoxy groups -OCH3 is 1. The minimum Gasteiger partial charge on any atom is -0.493 e. The van der Waals surface area contributed by atoms with Gasteiger partial charge in [-0.15, -0.1) is 0 Å². The standard InChI is InChI=1S/C22H25FN2O4S/c1-15-14-25(20-6-4-16(23)12-19(15)20)30(26,27)18-5-7-21(28-3)22(13-18)29-17-8-10-24(2)11-9-17/h4-7,12-14,17H,8-11H2,1-3H3. The van der Waals surface area contributed by atoms with E-state index in [-0.39, 0.29) is 11.0 Å². The van der Waals surface area contributed by atoms with Crippen LogP contribution < -0.4 is 9.47 Å². The van der Waals surface area contributed by atoms with Gasteiger partial charge < -0.3 is 14.4 Å². The van der Waals surface area contributed by atoms with Gasteiger partial charge in [-0.1, -0.05) is 0 Å². The normalized spacial score (nSPS) is 16.1. The van der Waals surface area contributed by atoms with E-state index in [4.69, 9.17) is 9.47 Å². The van der Waals surface area contributed by atoms with Crippen LogP contribution in [0, 0.1) is 12.7 Å². The predicted octanol–water partition coefficient (Wildman–Crippen LogP) is 3.81. The molecule has 8 heteroatoms. The Kier molecular flexibility index (Phi) is 5.46.